The van der Waals surface area contributed by atoms with Crippen molar-refractivity contribution in [3.8, 4) is 0 Å². The minimum absolute atomic E-state index is 0.0955. The third kappa shape index (κ3) is 3.19. The zero-order valence-electron chi connectivity index (χ0n) is 12.4. The molecule has 7 heteroatoms. The van der Waals surface area contributed by atoms with E-state index in [2.05, 4.69) is 10.4 Å². The highest BCUT2D eigenvalue weighted by atomic mass is 16.3. The summed E-state index contributed by atoms with van der Waals surface area (Å²) >= 11 is 0. The second kappa shape index (κ2) is 6.05. The predicted octanol–water partition coefficient (Wildman–Crippen LogP) is 1.45. The summed E-state index contributed by atoms with van der Waals surface area (Å²) in [6.07, 6.45) is 6.22. The van der Waals surface area contributed by atoms with Gasteiger partial charge in [-0.3, -0.25) is 14.3 Å². The molecule has 1 N–H and O–H groups in total. The van der Waals surface area contributed by atoms with Gasteiger partial charge in [-0.2, -0.15) is 5.10 Å². The topological polar surface area (TPSA) is 80.4 Å². The molecule has 116 valence electrons. The average molecular weight is 302 g/mol. The third-order valence-electron chi connectivity index (χ3n) is 3.74. The van der Waals surface area contributed by atoms with Crippen LogP contribution < -0.4 is 5.32 Å². The Kier molecular flexibility index (Phi) is 3.95. The van der Waals surface area contributed by atoms with Gasteiger partial charge >= 0.3 is 0 Å². The number of furan rings is 1. The largest absolute Gasteiger partial charge is 0.472 e. The zero-order valence-corrected chi connectivity index (χ0v) is 12.4. The molecule has 2 aromatic heterocycles. The second-order valence-corrected chi connectivity index (χ2v) is 5.45. The van der Waals surface area contributed by atoms with Crippen LogP contribution >= 0.6 is 0 Å². The Morgan fingerprint density at radius 3 is 3.05 bits per heavy atom. The van der Waals surface area contributed by atoms with E-state index in [9.17, 15) is 9.59 Å². The van der Waals surface area contributed by atoms with Crippen molar-refractivity contribution in [2.45, 2.75) is 25.8 Å². The van der Waals surface area contributed by atoms with Crippen molar-refractivity contribution in [2.24, 2.45) is 0 Å². The summed E-state index contributed by atoms with van der Waals surface area (Å²) < 4.78 is 6.80. The molecule has 0 aromatic carbocycles. The number of nitrogens with one attached hydrogen (secondary N) is 1. The highest BCUT2D eigenvalue weighted by Gasteiger charge is 2.28. The lowest BCUT2D eigenvalue weighted by atomic mass is 10.2. The molecule has 1 aliphatic heterocycles. The van der Waals surface area contributed by atoms with Crippen LogP contribution in [0.4, 0.5) is 5.82 Å². The first kappa shape index (κ1) is 14.4. The van der Waals surface area contributed by atoms with Crippen LogP contribution in [-0.4, -0.2) is 39.6 Å². The van der Waals surface area contributed by atoms with E-state index in [1.54, 1.807) is 24.7 Å². The summed E-state index contributed by atoms with van der Waals surface area (Å²) in [5.41, 5.74) is 0.889. The molecule has 7 nitrogen and oxygen atoms in total. The molecule has 0 radical (unpaired) electrons. The Morgan fingerprint density at radius 1 is 1.45 bits per heavy atom. The summed E-state index contributed by atoms with van der Waals surface area (Å²) in [5, 5.41) is 6.98. The fraction of sp³-hybridized carbons (Fsp3) is 0.400. The monoisotopic (exact) mass is 302 g/mol. The number of carbonyl (C=O) groups excluding carboxylic acids is 2. The number of aromatic nitrogens is 2. The van der Waals surface area contributed by atoms with Crippen LogP contribution in [0.5, 0.6) is 0 Å². The van der Waals surface area contributed by atoms with E-state index in [1.165, 1.54) is 6.92 Å². The molecule has 1 fully saturated rings. The van der Waals surface area contributed by atoms with Crippen molar-refractivity contribution < 1.29 is 14.0 Å². The van der Waals surface area contributed by atoms with E-state index in [4.69, 9.17) is 4.42 Å². The molecule has 2 amide bonds. The number of hydrogen-bond donors (Lipinski definition) is 1. The molecule has 1 unspecified atom stereocenters. The van der Waals surface area contributed by atoms with Gasteiger partial charge in [0.05, 0.1) is 25.0 Å². The first-order valence-electron chi connectivity index (χ1n) is 7.23. The maximum atomic E-state index is 12.2. The first-order valence-corrected chi connectivity index (χ1v) is 7.23. The van der Waals surface area contributed by atoms with Gasteiger partial charge in [-0.1, -0.05) is 0 Å². The summed E-state index contributed by atoms with van der Waals surface area (Å²) in [6.45, 7) is 2.80. The number of amides is 2. The Morgan fingerprint density at radius 2 is 2.32 bits per heavy atom. The Labute approximate surface area is 127 Å². The summed E-state index contributed by atoms with van der Waals surface area (Å²) in [4.78, 5) is 25.1. The Balaban J connectivity index is 1.58. The van der Waals surface area contributed by atoms with E-state index in [-0.39, 0.29) is 17.9 Å². The molecule has 1 saturated heterocycles. The van der Waals surface area contributed by atoms with Crippen LogP contribution in [0.3, 0.4) is 0 Å². The molecule has 0 spiro atoms. The maximum Gasteiger partial charge on any atom is 0.227 e. The molecule has 1 atom stereocenters. The molecule has 22 heavy (non-hydrogen) atoms. The number of carbonyl (C=O) groups is 2. The molecule has 2 aromatic rings. The van der Waals surface area contributed by atoms with Crippen LogP contribution in [0.25, 0.3) is 0 Å². The number of likely N-dealkylation sites (tertiary alicyclic amines) is 1. The van der Waals surface area contributed by atoms with Crippen molar-refractivity contribution in [1.29, 1.82) is 0 Å². The summed E-state index contributed by atoms with van der Waals surface area (Å²) in [7, 11) is 0. The minimum Gasteiger partial charge on any atom is -0.472 e. The van der Waals surface area contributed by atoms with E-state index in [0.29, 0.717) is 18.8 Å². The van der Waals surface area contributed by atoms with E-state index < -0.39 is 0 Å². The quantitative estimate of drug-likeness (QED) is 0.927. The van der Waals surface area contributed by atoms with Gasteiger partial charge in [-0.15, -0.1) is 0 Å². The van der Waals surface area contributed by atoms with Crippen molar-refractivity contribution in [3.05, 3.63) is 36.4 Å². The zero-order chi connectivity index (χ0) is 15.5. The van der Waals surface area contributed by atoms with E-state index in [0.717, 1.165) is 18.5 Å². The van der Waals surface area contributed by atoms with Gasteiger partial charge in [0.25, 0.3) is 0 Å². The number of rotatable bonds is 4. The molecule has 0 saturated carbocycles. The molecule has 1 aliphatic rings. The van der Waals surface area contributed by atoms with Gasteiger partial charge in [0.1, 0.15) is 0 Å². The normalized spacial score (nSPS) is 17.7. The smallest absolute Gasteiger partial charge is 0.227 e. The molecule has 3 rings (SSSR count). The SMILES string of the molecule is CC(=O)Nc1ccn(C2CCN(C(=O)Cc3ccoc3)C2)n1. The van der Waals surface area contributed by atoms with E-state index in [1.807, 2.05) is 15.8 Å². The molecule has 0 aliphatic carbocycles. The minimum atomic E-state index is -0.145. The molecule has 3 heterocycles. The van der Waals surface area contributed by atoms with Crippen LogP contribution in [-0.2, 0) is 16.0 Å². The van der Waals surface area contributed by atoms with Crippen LogP contribution in [0.1, 0.15) is 24.9 Å². The fourth-order valence-corrected chi connectivity index (χ4v) is 2.65. The summed E-state index contributed by atoms with van der Waals surface area (Å²) in [5.74, 6) is 0.488. The Hall–Kier alpha value is -2.57. The molecular formula is C15H18N4O3. The lowest BCUT2D eigenvalue weighted by Gasteiger charge is -2.16. The van der Waals surface area contributed by atoms with E-state index >= 15 is 0 Å². The highest BCUT2D eigenvalue weighted by Crippen LogP contribution is 2.22. The van der Waals surface area contributed by atoms with Crippen molar-refractivity contribution in [3.63, 3.8) is 0 Å². The predicted molar refractivity (Wildman–Crippen MR) is 79.2 cm³/mol. The first-order chi connectivity index (χ1) is 10.6. The molecular weight excluding hydrogens is 284 g/mol. The van der Waals surface area contributed by atoms with Gasteiger partial charge in [0.15, 0.2) is 5.82 Å². The van der Waals surface area contributed by atoms with Crippen molar-refractivity contribution in [2.75, 3.05) is 18.4 Å². The van der Waals surface area contributed by atoms with Gasteiger partial charge in [0, 0.05) is 32.3 Å². The summed E-state index contributed by atoms with van der Waals surface area (Å²) in [6, 6.07) is 3.71. The highest BCUT2D eigenvalue weighted by molar-refractivity contribution is 5.87. The van der Waals surface area contributed by atoms with Crippen LogP contribution in [0.15, 0.2) is 35.3 Å². The lowest BCUT2D eigenvalue weighted by Crippen LogP contribution is -2.30. The van der Waals surface area contributed by atoms with Gasteiger partial charge in [-0.25, -0.2) is 0 Å². The number of anilines is 1. The van der Waals surface area contributed by atoms with Gasteiger partial charge < -0.3 is 14.6 Å². The second-order valence-electron chi connectivity index (χ2n) is 5.45. The van der Waals surface area contributed by atoms with Crippen molar-refractivity contribution in [1.82, 2.24) is 14.7 Å². The standard InChI is InChI=1S/C15H18N4O3/c1-11(20)16-14-3-6-19(17-14)13-2-5-18(9-13)15(21)8-12-4-7-22-10-12/h3-4,6-7,10,13H,2,5,8-9H2,1H3,(H,16,17,20). The van der Waals surface area contributed by atoms with Crippen LogP contribution in [0.2, 0.25) is 0 Å². The Bertz CT molecular complexity index is 662. The lowest BCUT2D eigenvalue weighted by molar-refractivity contribution is -0.129. The number of nitrogens with zero attached hydrogens (tertiary/aromatic N) is 3. The van der Waals surface area contributed by atoms with Gasteiger partial charge in [-0.05, 0) is 18.1 Å². The van der Waals surface area contributed by atoms with Crippen molar-refractivity contribution >= 4 is 17.6 Å². The average Bonchev–Trinajstić information content (AvgIpc) is 3.18. The van der Waals surface area contributed by atoms with Crippen LogP contribution in [0, 0.1) is 0 Å². The third-order valence-corrected chi connectivity index (χ3v) is 3.74. The number of hydrogen-bond acceptors (Lipinski definition) is 4. The fourth-order valence-electron chi connectivity index (χ4n) is 2.65. The maximum absolute atomic E-state index is 12.2. The molecule has 0 bridgehead atoms. The van der Waals surface area contributed by atoms with Gasteiger partial charge in [0.2, 0.25) is 11.8 Å².